The molecule has 2 aliphatic rings. The maximum atomic E-state index is 11.6. The summed E-state index contributed by atoms with van der Waals surface area (Å²) < 4.78 is 0. The Labute approximate surface area is 123 Å². The third kappa shape index (κ3) is 3.53. The van der Waals surface area contributed by atoms with Gasteiger partial charge in [0.05, 0.1) is 5.92 Å². The summed E-state index contributed by atoms with van der Waals surface area (Å²) in [5.74, 6) is -0.0453. The molecular weight excluding hydrogens is 252 g/mol. The minimum absolute atomic E-state index is 0.164. The van der Waals surface area contributed by atoms with E-state index >= 15 is 0 Å². The minimum Gasteiger partial charge on any atom is -0.481 e. The topological polar surface area (TPSA) is 43.8 Å². The van der Waals surface area contributed by atoms with Crippen molar-refractivity contribution in [1.29, 1.82) is 0 Å². The molecule has 3 atom stereocenters. The van der Waals surface area contributed by atoms with Crippen molar-refractivity contribution in [2.45, 2.75) is 57.5 Å². The van der Waals surface area contributed by atoms with Crippen molar-refractivity contribution < 1.29 is 9.90 Å². The fourth-order valence-corrected chi connectivity index (χ4v) is 4.01. The number of carbonyl (C=O) groups is 1. The van der Waals surface area contributed by atoms with Gasteiger partial charge < -0.3 is 10.0 Å². The normalized spacial score (nSPS) is 33.5. The first-order valence-electron chi connectivity index (χ1n) is 8.16. The smallest absolute Gasteiger partial charge is 0.308 e. The summed E-state index contributed by atoms with van der Waals surface area (Å²) in [5.41, 5.74) is 0. The molecule has 0 aromatic carbocycles. The molecule has 0 bridgehead atoms. The van der Waals surface area contributed by atoms with Crippen LogP contribution in [0, 0.1) is 11.8 Å². The Bertz CT molecular complexity index is 326. The first-order chi connectivity index (χ1) is 9.52. The number of hydrogen-bond acceptors (Lipinski definition) is 3. The van der Waals surface area contributed by atoms with E-state index in [9.17, 15) is 9.90 Å². The Balaban J connectivity index is 2.03. The predicted octanol–water partition coefficient (Wildman–Crippen LogP) is 2.29. The number of piperidine rings is 1. The van der Waals surface area contributed by atoms with Gasteiger partial charge >= 0.3 is 5.97 Å². The lowest BCUT2D eigenvalue weighted by molar-refractivity contribution is -0.146. The molecule has 1 aliphatic heterocycles. The van der Waals surface area contributed by atoms with Gasteiger partial charge in [0, 0.05) is 12.1 Å². The summed E-state index contributed by atoms with van der Waals surface area (Å²) in [5, 5.41) is 9.52. The first kappa shape index (κ1) is 15.8. The van der Waals surface area contributed by atoms with Crippen molar-refractivity contribution in [1.82, 2.24) is 9.80 Å². The van der Waals surface area contributed by atoms with Crippen molar-refractivity contribution in [3.8, 4) is 0 Å². The Kier molecular flexibility index (Phi) is 5.44. The molecule has 0 aromatic heterocycles. The summed E-state index contributed by atoms with van der Waals surface area (Å²) >= 11 is 0. The van der Waals surface area contributed by atoms with Crippen LogP contribution in [0.15, 0.2) is 0 Å². The number of rotatable bonds is 4. The Hall–Kier alpha value is -0.610. The summed E-state index contributed by atoms with van der Waals surface area (Å²) in [7, 11) is 4.33. The zero-order valence-corrected chi connectivity index (χ0v) is 13.2. The lowest BCUT2D eigenvalue weighted by Crippen LogP contribution is -2.52. The molecule has 1 saturated heterocycles. The molecule has 0 radical (unpaired) electrons. The molecule has 2 fully saturated rings. The maximum absolute atomic E-state index is 11.6. The Morgan fingerprint density at radius 3 is 2.45 bits per heavy atom. The number of hydrogen-bond donors (Lipinski definition) is 1. The summed E-state index contributed by atoms with van der Waals surface area (Å²) in [6.07, 6.45) is 6.54. The molecule has 3 unspecified atom stereocenters. The molecule has 1 aliphatic carbocycles. The van der Waals surface area contributed by atoms with Crippen molar-refractivity contribution in [3.63, 3.8) is 0 Å². The monoisotopic (exact) mass is 282 g/mol. The number of carboxylic acids is 1. The van der Waals surface area contributed by atoms with Gasteiger partial charge in [-0.2, -0.15) is 0 Å². The van der Waals surface area contributed by atoms with E-state index in [1.165, 1.54) is 19.3 Å². The third-order valence-electron chi connectivity index (χ3n) is 5.61. The first-order valence-corrected chi connectivity index (χ1v) is 8.16. The van der Waals surface area contributed by atoms with E-state index in [1.807, 2.05) is 0 Å². The van der Waals surface area contributed by atoms with Gasteiger partial charge in [-0.25, -0.2) is 0 Å². The van der Waals surface area contributed by atoms with Crippen LogP contribution < -0.4 is 0 Å². The van der Waals surface area contributed by atoms with E-state index in [1.54, 1.807) is 0 Å². The summed E-state index contributed by atoms with van der Waals surface area (Å²) in [6.45, 7) is 4.51. The van der Waals surface area contributed by atoms with Crippen LogP contribution in [0.3, 0.4) is 0 Å². The standard InChI is InChI=1S/C16H30N2O2/c1-4-12-5-6-14(16(19)20)15(11-12)18(3)13-7-9-17(2)10-8-13/h12-15H,4-11H2,1-3H3,(H,19,20). The predicted molar refractivity (Wildman–Crippen MR) is 80.8 cm³/mol. The van der Waals surface area contributed by atoms with Crippen LogP contribution in [0.1, 0.15) is 45.4 Å². The number of nitrogens with zero attached hydrogens (tertiary/aromatic N) is 2. The highest BCUT2D eigenvalue weighted by Gasteiger charge is 2.39. The van der Waals surface area contributed by atoms with E-state index in [-0.39, 0.29) is 12.0 Å². The van der Waals surface area contributed by atoms with Crippen molar-refractivity contribution in [2.24, 2.45) is 11.8 Å². The highest BCUT2D eigenvalue weighted by atomic mass is 16.4. The van der Waals surface area contributed by atoms with Gasteiger partial charge in [0.2, 0.25) is 0 Å². The second-order valence-electron chi connectivity index (χ2n) is 6.80. The molecule has 4 heteroatoms. The molecule has 0 amide bonds. The minimum atomic E-state index is -0.593. The molecule has 1 N–H and O–H groups in total. The molecule has 0 spiro atoms. The van der Waals surface area contributed by atoms with Gasteiger partial charge in [-0.15, -0.1) is 0 Å². The molecule has 116 valence electrons. The molecule has 2 rings (SSSR count). The number of likely N-dealkylation sites (tertiary alicyclic amines) is 1. The van der Waals surface area contributed by atoms with Gasteiger partial charge in [0.25, 0.3) is 0 Å². The molecule has 1 heterocycles. The highest BCUT2D eigenvalue weighted by Crippen LogP contribution is 2.35. The SMILES string of the molecule is CCC1CCC(C(=O)O)C(N(C)C2CCN(C)CC2)C1. The fraction of sp³-hybridized carbons (Fsp3) is 0.938. The number of carboxylic acid groups (broad SMARTS) is 1. The Morgan fingerprint density at radius 1 is 1.25 bits per heavy atom. The van der Waals surface area contributed by atoms with Crippen LogP contribution in [0.4, 0.5) is 0 Å². The van der Waals surface area contributed by atoms with Crippen LogP contribution in [-0.2, 0) is 4.79 Å². The molecule has 1 saturated carbocycles. The van der Waals surface area contributed by atoms with Crippen molar-refractivity contribution >= 4 is 5.97 Å². The second kappa shape index (κ2) is 6.90. The third-order valence-corrected chi connectivity index (χ3v) is 5.61. The van der Waals surface area contributed by atoms with Gasteiger partial charge in [0.15, 0.2) is 0 Å². The molecule has 0 aromatic rings. The number of aliphatic carboxylic acids is 1. The average Bonchev–Trinajstić information content (AvgIpc) is 2.46. The molecule has 4 nitrogen and oxygen atoms in total. The van der Waals surface area contributed by atoms with Gasteiger partial charge in [-0.1, -0.05) is 13.3 Å². The van der Waals surface area contributed by atoms with E-state index in [0.717, 1.165) is 32.4 Å². The average molecular weight is 282 g/mol. The van der Waals surface area contributed by atoms with Crippen molar-refractivity contribution in [2.75, 3.05) is 27.2 Å². The Morgan fingerprint density at radius 2 is 1.90 bits per heavy atom. The lowest BCUT2D eigenvalue weighted by atomic mass is 9.76. The molecule has 20 heavy (non-hydrogen) atoms. The highest BCUT2D eigenvalue weighted by molar-refractivity contribution is 5.71. The van der Waals surface area contributed by atoms with E-state index in [2.05, 4.69) is 30.8 Å². The zero-order chi connectivity index (χ0) is 14.7. The van der Waals surface area contributed by atoms with Crippen LogP contribution >= 0.6 is 0 Å². The summed E-state index contributed by atoms with van der Waals surface area (Å²) in [6, 6.07) is 0.799. The second-order valence-corrected chi connectivity index (χ2v) is 6.80. The van der Waals surface area contributed by atoms with Crippen LogP contribution in [0.5, 0.6) is 0 Å². The van der Waals surface area contributed by atoms with Crippen LogP contribution in [0.2, 0.25) is 0 Å². The van der Waals surface area contributed by atoms with Crippen LogP contribution in [0.25, 0.3) is 0 Å². The van der Waals surface area contributed by atoms with Gasteiger partial charge in [-0.05, 0) is 65.2 Å². The van der Waals surface area contributed by atoms with Gasteiger partial charge in [0.1, 0.15) is 0 Å². The zero-order valence-electron chi connectivity index (χ0n) is 13.2. The van der Waals surface area contributed by atoms with Crippen LogP contribution in [-0.4, -0.2) is 60.1 Å². The van der Waals surface area contributed by atoms with Gasteiger partial charge in [-0.3, -0.25) is 9.69 Å². The van der Waals surface area contributed by atoms with E-state index in [4.69, 9.17) is 0 Å². The largest absolute Gasteiger partial charge is 0.481 e. The quantitative estimate of drug-likeness (QED) is 0.859. The van der Waals surface area contributed by atoms with Crippen molar-refractivity contribution in [3.05, 3.63) is 0 Å². The van der Waals surface area contributed by atoms with E-state index in [0.29, 0.717) is 12.0 Å². The molecular formula is C16H30N2O2. The maximum Gasteiger partial charge on any atom is 0.308 e. The fourth-order valence-electron chi connectivity index (χ4n) is 4.01. The van der Waals surface area contributed by atoms with E-state index < -0.39 is 5.97 Å². The summed E-state index contributed by atoms with van der Waals surface area (Å²) in [4.78, 5) is 16.3. The lowest BCUT2D eigenvalue weighted by Gasteiger charge is -2.44.